The summed E-state index contributed by atoms with van der Waals surface area (Å²) >= 11 is 6.01. The van der Waals surface area contributed by atoms with Gasteiger partial charge in [0.25, 0.3) is 11.6 Å². The quantitative estimate of drug-likeness (QED) is 0.261. The second kappa shape index (κ2) is 11.1. The Labute approximate surface area is 195 Å². The van der Waals surface area contributed by atoms with Gasteiger partial charge in [-0.3, -0.25) is 14.9 Å². The maximum Gasteiger partial charge on any atom is 0.273 e. The standard InChI is InChI=1S/C24H22ClN3O5/c1-3-32-23-13-17(10-11-22(23)33-15-18-6-4-7-19(25)12-18)14-26-27-24(29)20-8-5-9-21(16(20)2)28(30)31/h4-14H,3,15H2,1-2H3,(H,27,29)/b26-14-. The molecule has 1 N–H and O–H groups in total. The van der Waals surface area contributed by atoms with Gasteiger partial charge in [-0.1, -0.05) is 29.8 Å². The Kier molecular flexibility index (Phi) is 7.99. The van der Waals surface area contributed by atoms with Crippen LogP contribution in [-0.2, 0) is 6.61 Å². The zero-order valence-corrected chi connectivity index (χ0v) is 18.8. The van der Waals surface area contributed by atoms with Crippen LogP contribution in [0.15, 0.2) is 65.8 Å². The zero-order chi connectivity index (χ0) is 23.8. The van der Waals surface area contributed by atoms with Crippen LogP contribution in [-0.4, -0.2) is 23.7 Å². The molecule has 170 valence electrons. The fourth-order valence-electron chi connectivity index (χ4n) is 3.07. The largest absolute Gasteiger partial charge is 0.490 e. The summed E-state index contributed by atoms with van der Waals surface area (Å²) in [4.78, 5) is 22.9. The van der Waals surface area contributed by atoms with Gasteiger partial charge in [0, 0.05) is 16.7 Å². The lowest BCUT2D eigenvalue weighted by molar-refractivity contribution is -0.385. The van der Waals surface area contributed by atoms with Crippen LogP contribution in [0.3, 0.4) is 0 Å². The lowest BCUT2D eigenvalue weighted by Gasteiger charge is -2.13. The fraction of sp³-hybridized carbons (Fsp3) is 0.167. The lowest BCUT2D eigenvalue weighted by atomic mass is 10.1. The number of nitrogens with one attached hydrogen (secondary N) is 1. The molecule has 0 atom stereocenters. The Morgan fingerprint density at radius 3 is 2.64 bits per heavy atom. The molecule has 0 aliphatic heterocycles. The molecule has 0 unspecified atom stereocenters. The van der Waals surface area contributed by atoms with Gasteiger partial charge in [-0.25, -0.2) is 5.43 Å². The summed E-state index contributed by atoms with van der Waals surface area (Å²) in [5.41, 5.74) is 4.32. The molecule has 33 heavy (non-hydrogen) atoms. The Hall–Kier alpha value is -3.91. The van der Waals surface area contributed by atoms with E-state index in [1.54, 1.807) is 24.3 Å². The second-order valence-corrected chi connectivity index (χ2v) is 7.40. The first-order valence-corrected chi connectivity index (χ1v) is 10.5. The van der Waals surface area contributed by atoms with E-state index in [9.17, 15) is 14.9 Å². The summed E-state index contributed by atoms with van der Waals surface area (Å²) in [7, 11) is 0. The molecule has 0 radical (unpaired) electrons. The van der Waals surface area contributed by atoms with Crippen molar-refractivity contribution in [1.29, 1.82) is 0 Å². The Balaban J connectivity index is 1.69. The number of benzene rings is 3. The number of rotatable bonds is 9. The molecule has 0 fully saturated rings. The maximum absolute atomic E-state index is 12.4. The van der Waals surface area contributed by atoms with Crippen LogP contribution in [0.2, 0.25) is 5.02 Å². The molecule has 0 spiro atoms. The van der Waals surface area contributed by atoms with Crippen molar-refractivity contribution in [3.63, 3.8) is 0 Å². The van der Waals surface area contributed by atoms with Gasteiger partial charge in [-0.15, -0.1) is 0 Å². The minimum atomic E-state index is -0.543. The van der Waals surface area contributed by atoms with Gasteiger partial charge in [-0.2, -0.15) is 5.10 Å². The predicted octanol–water partition coefficient (Wildman–Crippen LogP) is 5.30. The summed E-state index contributed by atoms with van der Waals surface area (Å²) in [5.74, 6) is 0.550. The third-order valence-corrected chi connectivity index (χ3v) is 4.91. The summed E-state index contributed by atoms with van der Waals surface area (Å²) in [6.45, 7) is 4.15. The number of nitro groups is 1. The molecule has 0 saturated heterocycles. The fourth-order valence-corrected chi connectivity index (χ4v) is 3.29. The molecule has 0 heterocycles. The number of hydrazone groups is 1. The van der Waals surface area contributed by atoms with E-state index < -0.39 is 10.8 Å². The van der Waals surface area contributed by atoms with Crippen molar-refractivity contribution in [3.8, 4) is 11.5 Å². The second-order valence-electron chi connectivity index (χ2n) is 6.96. The highest BCUT2D eigenvalue weighted by atomic mass is 35.5. The van der Waals surface area contributed by atoms with Crippen molar-refractivity contribution >= 4 is 29.4 Å². The first kappa shape index (κ1) is 23.7. The van der Waals surface area contributed by atoms with E-state index in [1.165, 1.54) is 31.3 Å². The summed E-state index contributed by atoms with van der Waals surface area (Å²) in [5, 5.41) is 15.7. The van der Waals surface area contributed by atoms with Gasteiger partial charge < -0.3 is 9.47 Å². The van der Waals surface area contributed by atoms with Crippen LogP contribution in [0.4, 0.5) is 5.69 Å². The third-order valence-electron chi connectivity index (χ3n) is 4.68. The molecule has 0 aliphatic carbocycles. The molecule has 0 aliphatic rings. The van der Waals surface area contributed by atoms with Gasteiger partial charge in [0.15, 0.2) is 11.5 Å². The number of hydrogen-bond donors (Lipinski definition) is 1. The van der Waals surface area contributed by atoms with Crippen LogP contribution in [0.25, 0.3) is 0 Å². The Morgan fingerprint density at radius 2 is 1.91 bits per heavy atom. The van der Waals surface area contributed by atoms with Crippen LogP contribution in [0, 0.1) is 17.0 Å². The highest BCUT2D eigenvalue weighted by Gasteiger charge is 2.17. The number of ether oxygens (including phenoxy) is 2. The van der Waals surface area contributed by atoms with Gasteiger partial charge in [0.2, 0.25) is 0 Å². The minimum absolute atomic E-state index is 0.124. The number of carbonyl (C=O) groups excluding carboxylic acids is 1. The minimum Gasteiger partial charge on any atom is -0.490 e. The molecule has 3 aromatic carbocycles. The summed E-state index contributed by atoms with van der Waals surface area (Å²) in [6, 6.07) is 17.0. The van der Waals surface area contributed by atoms with Crippen LogP contribution < -0.4 is 14.9 Å². The highest BCUT2D eigenvalue weighted by Crippen LogP contribution is 2.29. The van der Waals surface area contributed by atoms with E-state index in [0.29, 0.717) is 35.3 Å². The third kappa shape index (κ3) is 6.30. The number of carbonyl (C=O) groups is 1. The summed E-state index contributed by atoms with van der Waals surface area (Å²) in [6.07, 6.45) is 1.45. The van der Waals surface area contributed by atoms with Crippen LogP contribution >= 0.6 is 11.6 Å². The predicted molar refractivity (Wildman–Crippen MR) is 126 cm³/mol. The Bertz CT molecular complexity index is 1200. The van der Waals surface area contributed by atoms with Gasteiger partial charge in [-0.05, 0) is 61.4 Å². The maximum atomic E-state index is 12.4. The van der Waals surface area contributed by atoms with E-state index in [-0.39, 0.29) is 16.8 Å². The molecule has 1 amide bonds. The SMILES string of the molecule is CCOc1cc(/C=N\NC(=O)c2cccc([N+](=O)[O-])c2C)ccc1OCc1cccc(Cl)c1. The molecule has 8 nitrogen and oxygen atoms in total. The average Bonchev–Trinajstić information content (AvgIpc) is 2.78. The number of halogens is 1. The van der Waals surface area contributed by atoms with E-state index in [0.717, 1.165) is 5.56 Å². The molecule has 9 heteroatoms. The lowest BCUT2D eigenvalue weighted by Crippen LogP contribution is -2.19. The van der Waals surface area contributed by atoms with Crippen LogP contribution in [0.5, 0.6) is 11.5 Å². The molecule has 0 aromatic heterocycles. The number of nitrogens with zero attached hydrogens (tertiary/aromatic N) is 2. The zero-order valence-electron chi connectivity index (χ0n) is 18.1. The molecule has 3 aromatic rings. The van der Waals surface area contributed by atoms with Gasteiger partial charge in [0.1, 0.15) is 6.61 Å². The van der Waals surface area contributed by atoms with Gasteiger partial charge in [0.05, 0.1) is 23.3 Å². The van der Waals surface area contributed by atoms with Crippen molar-refractivity contribution in [2.45, 2.75) is 20.5 Å². The van der Waals surface area contributed by atoms with Gasteiger partial charge >= 0.3 is 0 Å². The van der Waals surface area contributed by atoms with E-state index in [2.05, 4.69) is 10.5 Å². The normalized spacial score (nSPS) is 10.8. The molecular formula is C24H22ClN3O5. The van der Waals surface area contributed by atoms with E-state index in [4.69, 9.17) is 21.1 Å². The molecule has 3 rings (SSSR count). The van der Waals surface area contributed by atoms with Crippen molar-refractivity contribution in [3.05, 3.63) is 98.1 Å². The van der Waals surface area contributed by atoms with Crippen molar-refractivity contribution < 1.29 is 19.2 Å². The number of amides is 1. The van der Waals surface area contributed by atoms with Crippen molar-refractivity contribution in [2.75, 3.05) is 6.61 Å². The number of nitro benzene ring substituents is 1. The highest BCUT2D eigenvalue weighted by molar-refractivity contribution is 6.30. The monoisotopic (exact) mass is 467 g/mol. The van der Waals surface area contributed by atoms with Crippen molar-refractivity contribution in [2.24, 2.45) is 5.10 Å². The molecule has 0 bridgehead atoms. The number of hydrogen-bond acceptors (Lipinski definition) is 6. The van der Waals surface area contributed by atoms with E-state index in [1.807, 2.05) is 25.1 Å². The molecule has 0 saturated carbocycles. The average molecular weight is 468 g/mol. The Morgan fingerprint density at radius 1 is 1.12 bits per heavy atom. The first-order valence-electron chi connectivity index (χ1n) is 10.1. The smallest absolute Gasteiger partial charge is 0.273 e. The van der Waals surface area contributed by atoms with E-state index >= 15 is 0 Å². The first-order chi connectivity index (χ1) is 15.9. The van der Waals surface area contributed by atoms with Crippen molar-refractivity contribution in [1.82, 2.24) is 5.43 Å². The molecular weight excluding hydrogens is 446 g/mol. The summed E-state index contributed by atoms with van der Waals surface area (Å²) < 4.78 is 11.6. The topological polar surface area (TPSA) is 103 Å². The van der Waals surface area contributed by atoms with Crippen LogP contribution in [0.1, 0.15) is 34.0 Å².